The van der Waals surface area contributed by atoms with Gasteiger partial charge >= 0.3 is 0 Å². The quantitative estimate of drug-likeness (QED) is 0.739. The van der Waals surface area contributed by atoms with Crippen LogP contribution in [0.5, 0.6) is 0 Å². The molecule has 0 aliphatic heterocycles. The first-order valence-electron chi connectivity index (χ1n) is 5.71. The summed E-state index contributed by atoms with van der Waals surface area (Å²) in [4.78, 5) is 11.4. The van der Waals surface area contributed by atoms with Crippen molar-refractivity contribution in [3.8, 4) is 0 Å². The Labute approximate surface area is 102 Å². The Morgan fingerprint density at radius 1 is 1.31 bits per heavy atom. The summed E-state index contributed by atoms with van der Waals surface area (Å²) >= 11 is 1.71. The number of unbranched alkanes of at least 4 members (excludes halogenated alkanes) is 1. The van der Waals surface area contributed by atoms with Crippen molar-refractivity contribution >= 4 is 17.7 Å². The zero-order valence-electron chi connectivity index (χ0n) is 9.74. The molecule has 0 atom stereocenters. The zero-order valence-corrected chi connectivity index (χ0v) is 10.6. The van der Waals surface area contributed by atoms with E-state index in [-0.39, 0.29) is 5.91 Å². The van der Waals surface area contributed by atoms with Gasteiger partial charge in [-0.05, 0) is 17.7 Å². The van der Waals surface area contributed by atoms with Crippen LogP contribution in [-0.2, 0) is 11.3 Å². The first-order chi connectivity index (χ1) is 7.83. The normalized spacial score (nSPS) is 10.1. The maximum Gasteiger partial charge on any atom is 0.230 e. The molecule has 0 aliphatic carbocycles. The van der Waals surface area contributed by atoms with Gasteiger partial charge in [0.05, 0.1) is 5.75 Å². The molecule has 1 aromatic rings. The lowest BCUT2D eigenvalue weighted by Crippen LogP contribution is -2.24. The molecule has 0 saturated heterocycles. The molecule has 16 heavy (non-hydrogen) atoms. The molecule has 1 N–H and O–H groups in total. The highest BCUT2D eigenvalue weighted by molar-refractivity contribution is 7.99. The van der Waals surface area contributed by atoms with Crippen molar-refractivity contribution in [2.45, 2.75) is 26.3 Å². The highest BCUT2D eigenvalue weighted by atomic mass is 32.2. The molecule has 0 unspecified atom stereocenters. The highest BCUT2D eigenvalue weighted by Crippen LogP contribution is 2.04. The van der Waals surface area contributed by atoms with E-state index in [1.165, 1.54) is 12.8 Å². The molecule has 0 radical (unpaired) electrons. The molecule has 0 bridgehead atoms. The van der Waals surface area contributed by atoms with E-state index in [2.05, 4.69) is 12.2 Å². The molecule has 0 heterocycles. The van der Waals surface area contributed by atoms with Crippen LogP contribution in [0, 0.1) is 0 Å². The van der Waals surface area contributed by atoms with Crippen LogP contribution < -0.4 is 5.32 Å². The van der Waals surface area contributed by atoms with Gasteiger partial charge in [-0.25, -0.2) is 0 Å². The molecule has 0 fully saturated rings. The minimum absolute atomic E-state index is 0.130. The summed E-state index contributed by atoms with van der Waals surface area (Å²) in [5.41, 5.74) is 1.15. The van der Waals surface area contributed by atoms with Crippen LogP contribution in [0.3, 0.4) is 0 Å². The Morgan fingerprint density at radius 2 is 2.06 bits per heavy atom. The standard InChI is InChI=1S/C13H19NOS/c1-2-3-9-16-11-13(15)14-10-12-7-5-4-6-8-12/h4-8H,2-3,9-11H2,1H3,(H,14,15). The van der Waals surface area contributed by atoms with Crippen LogP contribution in [-0.4, -0.2) is 17.4 Å². The zero-order chi connectivity index (χ0) is 11.6. The number of benzene rings is 1. The van der Waals surface area contributed by atoms with Crippen LogP contribution in [0.25, 0.3) is 0 Å². The van der Waals surface area contributed by atoms with E-state index in [9.17, 15) is 4.79 Å². The maximum absolute atomic E-state index is 11.4. The van der Waals surface area contributed by atoms with Gasteiger partial charge in [-0.3, -0.25) is 4.79 Å². The first-order valence-corrected chi connectivity index (χ1v) is 6.86. The fourth-order valence-corrected chi connectivity index (χ4v) is 2.18. The monoisotopic (exact) mass is 237 g/mol. The predicted molar refractivity (Wildman–Crippen MR) is 70.5 cm³/mol. The summed E-state index contributed by atoms with van der Waals surface area (Å²) < 4.78 is 0. The lowest BCUT2D eigenvalue weighted by molar-refractivity contribution is -0.118. The van der Waals surface area contributed by atoms with Crippen molar-refractivity contribution in [1.82, 2.24) is 5.32 Å². The summed E-state index contributed by atoms with van der Waals surface area (Å²) in [7, 11) is 0. The van der Waals surface area contributed by atoms with Crippen LogP contribution in [0.4, 0.5) is 0 Å². The van der Waals surface area contributed by atoms with Crippen molar-refractivity contribution in [2.24, 2.45) is 0 Å². The van der Waals surface area contributed by atoms with Crippen molar-refractivity contribution < 1.29 is 4.79 Å². The third kappa shape index (κ3) is 5.81. The summed E-state index contributed by atoms with van der Waals surface area (Å²) in [6, 6.07) is 9.98. The van der Waals surface area contributed by atoms with Crippen LogP contribution in [0.1, 0.15) is 25.3 Å². The Balaban J connectivity index is 2.11. The Morgan fingerprint density at radius 3 is 2.75 bits per heavy atom. The second-order valence-electron chi connectivity index (χ2n) is 3.67. The molecule has 1 aromatic carbocycles. The van der Waals surface area contributed by atoms with E-state index in [4.69, 9.17) is 0 Å². The average Bonchev–Trinajstić information content (AvgIpc) is 2.33. The fraction of sp³-hybridized carbons (Fsp3) is 0.462. The molecular weight excluding hydrogens is 218 g/mol. The van der Waals surface area contributed by atoms with Crippen LogP contribution in [0.15, 0.2) is 30.3 Å². The highest BCUT2D eigenvalue weighted by Gasteiger charge is 2.00. The molecule has 1 rings (SSSR count). The summed E-state index contributed by atoms with van der Waals surface area (Å²) in [6.45, 7) is 2.80. The van der Waals surface area contributed by atoms with E-state index in [1.54, 1.807) is 11.8 Å². The van der Waals surface area contributed by atoms with Crippen molar-refractivity contribution in [2.75, 3.05) is 11.5 Å². The molecule has 1 amide bonds. The number of hydrogen-bond acceptors (Lipinski definition) is 2. The van der Waals surface area contributed by atoms with Gasteiger partial charge in [0.25, 0.3) is 0 Å². The van der Waals surface area contributed by atoms with E-state index in [1.807, 2.05) is 30.3 Å². The molecule has 0 aromatic heterocycles. The van der Waals surface area contributed by atoms with Gasteiger partial charge < -0.3 is 5.32 Å². The fourth-order valence-electron chi connectivity index (χ4n) is 1.26. The van der Waals surface area contributed by atoms with Gasteiger partial charge in [0.2, 0.25) is 5.91 Å². The lowest BCUT2D eigenvalue weighted by Gasteiger charge is -2.04. The van der Waals surface area contributed by atoms with E-state index in [0.29, 0.717) is 12.3 Å². The third-order valence-electron chi connectivity index (χ3n) is 2.21. The number of thioether (sulfide) groups is 1. The van der Waals surface area contributed by atoms with Gasteiger partial charge in [-0.15, -0.1) is 0 Å². The number of carbonyl (C=O) groups excluding carboxylic acids is 1. The molecule has 2 nitrogen and oxygen atoms in total. The molecular formula is C13H19NOS. The molecule has 0 saturated carbocycles. The third-order valence-corrected chi connectivity index (χ3v) is 3.25. The van der Waals surface area contributed by atoms with Crippen LogP contribution in [0.2, 0.25) is 0 Å². The van der Waals surface area contributed by atoms with Crippen molar-refractivity contribution in [3.05, 3.63) is 35.9 Å². The minimum Gasteiger partial charge on any atom is -0.351 e. The Kier molecular flexibility index (Phi) is 6.74. The first kappa shape index (κ1) is 13.1. The number of nitrogens with one attached hydrogen (secondary N) is 1. The summed E-state index contributed by atoms with van der Waals surface area (Å²) in [6.07, 6.45) is 2.38. The molecule has 88 valence electrons. The van der Waals surface area contributed by atoms with E-state index in [0.717, 1.165) is 11.3 Å². The molecule has 0 aliphatic rings. The van der Waals surface area contributed by atoms with Gasteiger partial charge in [0, 0.05) is 6.54 Å². The summed E-state index contributed by atoms with van der Waals surface area (Å²) in [5, 5.41) is 2.92. The number of hydrogen-bond donors (Lipinski definition) is 1. The number of rotatable bonds is 7. The van der Waals surface area contributed by atoms with Gasteiger partial charge in [0.15, 0.2) is 0 Å². The van der Waals surface area contributed by atoms with Crippen molar-refractivity contribution in [1.29, 1.82) is 0 Å². The number of carbonyl (C=O) groups is 1. The number of amides is 1. The predicted octanol–water partition coefficient (Wildman–Crippen LogP) is 2.84. The maximum atomic E-state index is 11.4. The lowest BCUT2D eigenvalue weighted by atomic mass is 10.2. The minimum atomic E-state index is 0.130. The van der Waals surface area contributed by atoms with Gasteiger partial charge in [-0.1, -0.05) is 43.7 Å². The van der Waals surface area contributed by atoms with Gasteiger partial charge in [-0.2, -0.15) is 11.8 Å². The SMILES string of the molecule is CCCCSCC(=O)NCc1ccccc1. The van der Waals surface area contributed by atoms with E-state index >= 15 is 0 Å². The topological polar surface area (TPSA) is 29.1 Å². The van der Waals surface area contributed by atoms with E-state index < -0.39 is 0 Å². The second-order valence-corrected chi connectivity index (χ2v) is 4.77. The molecule has 3 heteroatoms. The smallest absolute Gasteiger partial charge is 0.230 e. The Bertz CT molecular complexity index is 300. The largest absolute Gasteiger partial charge is 0.351 e. The molecule has 0 spiro atoms. The Hall–Kier alpha value is -0.960. The summed E-state index contributed by atoms with van der Waals surface area (Å²) in [5.74, 6) is 1.78. The second kappa shape index (κ2) is 8.22. The van der Waals surface area contributed by atoms with Crippen LogP contribution >= 0.6 is 11.8 Å². The average molecular weight is 237 g/mol. The van der Waals surface area contributed by atoms with Crippen molar-refractivity contribution in [3.63, 3.8) is 0 Å². The van der Waals surface area contributed by atoms with Gasteiger partial charge in [0.1, 0.15) is 0 Å².